The topological polar surface area (TPSA) is 169 Å². The fraction of sp³-hybridized carbons (Fsp3) is 0. The summed E-state index contributed by atoms with van der Waals surface area (Å²) in [5.41, 5.74) is 6.10. The maximum absolute atomic E-state index is 10.5. The molecule has 0 bridgehead atoms. The van der Waals surface area contributed by atoms with Crippen molar-refractivity contribution in [2.24, 2.45) is 15.9 Å². The van der Waals surface area contributed by atoms with Crippen LogP contribution < -0.4 is 11.2 Å². The molecule has 3 aromatic rings. The molecule has 0 saturated carbocycles. The van der Waals surface area contributed by atoms with Crippen molar-refractivity contribution in [3.05, 3.63) is 63.5 Å². The lowest BCUT2D eigenvalue weighted by Gasteiger charge is -2.06. The summed E-state index contributed by atoms with van der Waals surface area (Å²) < 4.78 is 5.52. The van der Waals surface area contributed by atoms with Crippen LogP contribution in [0.3, 0.4) is 0 Å². The van der Waals surface area contributed by atoms with Gasteiger partial charge in [-0.3, -0.25) is 15.5 Å². The van der Waals surface area contributed by atoms with Crippen LogP contribution in [0, 0.1) is 15.5 Å². The molecule has 0 amide bonds. The van der Waals surface area contributed by atoms with Crippen LogP contribution in [0.15, 0.2) is 51.0 Å². The molecular formula is C14H11N7O4. The Balaban J connectivity index is 1.93. The number of furan rings is 1. The van der Waals surface area contributed by atoms with E-state index in [1.807, 2.05) is 0 Å². The van der Waals surface area contributed by atoms with Crippen LogP contribution in [0.1, 0.15) is 11.5 Å². The molecule has 0 saturated heterocycles. The van der Waals surface area contributed by atoms with Gasteiger partial charge in [-0.1, -0.05) is 12.1 Å². The summed E-state index contributed by atoms with van der Waals surface area (Å²) in [5.74, 6) is -0.529. The molecule has 11 heteroatoms. The van der Waals surface area contributed by atoms with E-state index in [1.165, 1.54) is 12.1 Å². The van der Waals surface area contributed by atoms with Gasteiger partial charge in [0.15, 0.2) is 22.8 Å². The van der Waals surface area contributed by atoms with Gasteiger partial charge in [-0.15, -0.1) is 5.10 Å². The van der Waals surface area contributed by atoms with Crippen LogP contribution in [-0.2, 0) is 0 Å². The standard InChI is InChI=1S/C14H11N7O4/c15-13(19-17-7-8-5-6-11(25-8)21(23)24)12-14(16)20(22)10-4-2-1-3-9(10)18-12/h1-7,16,22H,(H2,15,19). The predicted molar refractivity (Wildman–Crippen MR) is 86.5 cm³/mol. The summed E-state index contributed by atoms with van der Waals surface area (Å²) in [4.78, 5) is 14.0. The lowest BCUT2D eigenvalue weighted by molar-refractivity contribution is -0.402. The molecule has 126 valence electrons. The summed E-state index contributed by atoms with van der Waals surface area (Å²) in [6.45, 7) is 0. The second-order valence-electron chi connectivity index (χ2n) is 4.77. The number of hydrogen-bond acceptors (Lipinski definition) is 8. The van der Waals surface area contributed by atoms with E-state index in [2.05, 4.69) is 15.2 Å². The highest BCUT2D eigenvalue weighted by Gasteiger charge is 2.12. The molecule has 0 atom stereocenters. The molecule has 0 unspecified atom stereocenters. The molecule has 1 aromatic carbocycles. The van der Waals surface area contributed by atoms with Gasteiger partial charge in [0.2, 0.25) is 0 Å². The number of nitrogens with zero attached hydrogens (tertiary/aromatic N) is 5. The molecule has 0 aliphatic rings. The van der Waals surface area contributed by atoms with Gasteiger partial charge >= 0.3 is 5.88 Å². The first-order valence-electron chi connectivity index (χ1n) is 6.84. The van der Waals surface area contributed by atoms with Crippen LogP contribution in [0.25, 0.3) is 11.0 Å². The minimum Gasteiger partial charge on any atom is -0.426 e. The third-order valence-corrected chi connectivity index (χ3v) is 3.16. The van der Waals surface area contributed by atoms with Crippen molar-refractivity contribution in [3.63, 3.8) is 0 Å². The van der Waals surface area contributed by atoms with E-state index >= 15 is 0 Å². The van der Waals surface area contributed by atoms with E-state index in [0.29, 0.717) is 15.8 Å². The van der Waals surface area contributed by atoms with Gasteiger partial charge < -0.3 is 15.4 Å². The Morgan fingerprint density at radius 3 is 2.88 bits per heavy atom. The van der Waals surface area contributed by atoms with Crippen molar-refractivity contribution in [2.75, 3.05) is 0 Å². The maximum Gasteiger partial charge on any atom is 0.433 e. The first-order chi connectivity index (χ1) is 12.0. The van der Waals surface area contributed by atoms with Gasteiger partial charge in [-0.2, -0.15) is 9.83 Å². The highest BCUT2D eigenvalue weighted by Crippen LogP contribution is 2.14. The number of aromatic nitrogens is 2. The van der Waals surface area contributed by atoms with E-state index in [1.54, 1.807) is 24.3 Å². The van der Waals surface area contributed by atoms with Crippen LogP contribution in [-0.4, -0.2) is 31.9 Å². The number of nitrogens with one attached hydrogen (secondary N) is 1. The SMILES string of the molecule is N=c1c(C(N)=NN=Cc2ccc([N+](=O)[O-])o2)nc2ccccc2n1O. The molecule has 0 radical (unpaired) electrons. The van der Waals surface area contributed by atoms with E-state index in [9.17, 15) is 15.3 Å². The number of para-hydroxylation sites is 2. The van der Waals surface area contributed by atoms with Crippen molar-refractivity contribution in [1.82, 2.24) is 9.71 Å². The lowest BCUT2D eigenvalue weighted by Crippen LogP contribution is -2.31. The smallest absolute Gasteiger partial charge is 0.426 e. The second kappa shape index (κ2) is 6.23. The number of hydrogen-bond donors (Lipinski definition) is 3. The van der Waals surface area contributed by atoms with Crippen molar-refractivity contribution in [2.45, 2.75) is 0 Å². The molecule has 0 aliphatic carbocycles. The lowest BCUT2D eigenvalue weighted by atomic mass is 10.3. The van der Waals surface area contributed by atoms with Crippen LogP contribution in [0.2, 0.25) is 0 Å². The van der Waals surface area contributed by atoms with Crippen molar-refractivity contribution < 1.29 is 14.5 Å². The predicted octanol–water partition coefficient (Wildman–Crippen LogP) is 0.994. The summed E-state index contributed by atoms with van der Waals surface area (Å²) in [7, 11) is 0. The zero-order valence-electron chi connectivity index (χ0n) is 12.5. The number of nitro groups is 1. The molecule has 2 heterocycles. The minimum atomic E-state index is -0.680. The first-order valence-corrected chi connectivity index (χ1v) is 6.84. The molecule has 0 fully saturated rings. The first kappa shape index (κ1) is 15.9. The highest BCUT2D eigenvalue weighted by molar-refractivity contribution is 5.97. The van der Waals surface area contributed by atoms with E-state index in [4.69, 9.17) is 15.6 Å². The molecule has 0 spiro atoms. The van der Waals surface area contributed by atoms with Crippen molar-refractivity contribution in [3.8, 4) is 0 Å². The zero-order chi connectivity index (χ0) is 18.0. The molecule has 25 heavy (non-hydrogen) atoms. The zero-order valence-corrected chi connectivity index (χ0v) is 12.5. The second-order valence-corrected chi connectivity index (χ2v) is 4.77. The quantitative estimate of drug-likeness (QED) is 0.210. The Morgan fingerprint density at radius 2 is 2.16 bits per heavy atom. The molecular weight excluding hydrogens is 330 g/mol. The van der Waals surface area contributed by atoms with E-state index < -0.39 is 10.8 Å². The fourth-order valence-electron chi connectivity index (χ4n) is 2.02. The van der Waals surface area contributed by atoms with E-state index in [0.717, 1.165) is 6.21 Å². The number of rotatable bonds is 4. The Bertz CT molecular complexity index is 1080. The van der Waals surface area contributed by atoms with Gasteiger partial charge in [-0.25, -0.2) is 4.98 Å². The Morgan fingerprint density at radius 1 is 1.40 bits per heavy atom. The van der Waals surface area contributed by atoms with Crippen molar-refractivity contribution in [1.29, 1.82) is 5.41 Å². The van der Waals surface area contributed by atoms with Gasteiger partial charge in [0.05, 0.1) is 17.8 Å². The minimum absolute atomic E-state index is 0.0659. The number of benzene rings is 1. The molecule has 2 aromatic heterocycles. The summed E-state index contributed by atoms with van der Waals surface area (Å²) in [5, 5.41) is 35.8. The van der Waals surface area contributed by atoms with Crippen molar-refractivity contribution >= 4 is 29.0 Å². The third kappa shape index (κ3) is 3.06. The maximum atomic E-state index is 10.5. The van der Waals surface area contributed by atoms with Gasteiger partial charge in [0.25, 0.3) is 0 Å². The molecule has 0 aliphatic heterocycles. The van der Waals surface area contributed by atoms with Crippen LogP contribution >= 0.6 is 0 Å². The van der Waals surface area contributed by atoms with Crippen LogP contribution in [0.5, 0.6) is 0 Å². The summed E-state index contributed by atoms with van der Waals surface area (Å²) in [6, 6.07) is 9.18. The highest BCUT2D eigenvalue weighted by atomic mass is 16.6. The van der Waals surface area contributed by atoms with Gasteiger partial charge in [0, 0.05) is 0 Å². The number of fused-ring (bicyclic) bond motifs is 1. The Kier molecular flexibility index (Phi) is 3.95. The third-order valence-electron chi connectivity index (χ3n) is 3.16. The monoisotopic (exact) mass is 341 g/mol. The molecule has 3 rings (SSSR count). The largest absolute Gasteiger partial charge is 0.433 e. The van der Waals surface area contributed by atoms with E-state index in [-0.39, 0.29) is 22.8 Å². The molecule has 11 nitrogen and oxygen atoms in total. The summed E-state index contributed by atoms with van der Waals surface area (Å²) >= 11 is 0. The van der Waals surface area contributed by atoms with Gasteiger partial charge in [0.1, 0.15) is 10.4 Å². The van der Waals surface area contributed by atoms with Gasteiger partial charge in [-0.05, 0) is 18.2 Å². The average Bonchev–Trinajstić information content (AvgIpc) is 3.07. The number of amidine groups is 1. The fourth-order valence-corrected chi connectivity index (χ4v) is 2.02. The molecule has 4 N–H and O–H groups in total. The Labute approximate surface area is 139 Å². The summed E-state index contributed by atoms with van der Waals surface area (Å²) in [6.07, 6.45) is 1.12. The normalized spacial score (nSPS) is 12.1. The Hall–Kier alpha value is -4.02. The van der Waals surface area contributed by atoms with Crippen LogP contribution in [0.4, 0.5) is 5.88 Å². The number of nitrogens with two attached hydrogens (primary N) is 1. The average molecular weight is 341 g/mol.